The smallest absolute Gasteiger partial charge is 0.164 e. The Morgan fingerprint density at radius 1 is 1.25 bits per heavy atom. The second-order valence-corrected chi connectivity index (χ2v) is 2.30. The largest absolute Gasteiger partial charge is 0.205 e. The van der Waals surface area contributed by atoms with E-state index >= 15 is 0 Å². The van der Waals surface area contributed by atoms with Crippen LogP contribution in [0.15, 0.2) is 6.07 Å². The lowest BCUT2D eigenvalue weighted by atomic mass is 10.1. The molecular formula is C9H5F3. The van der Waals surface area contributed by atoms with Gasteiger partial charge in [-0.3, -0.25) is 0 Å². The van der Waals surface area contributed by atoms with Crippen LogP contribution in [0.25, 0.3) is 0 Å². The van der Waals surface area contributed by atoms with Crippen molar-refractivity contribution in [2.75, 3.05) is 0 Å². The molecule has 0 radical (unpaired) electrons. The van der Waals surface area contributed by atoms with Crippen molar-refractivity contribution < 1.29 is 13.2 Å². The van der Waals surface area contributed by atoms with Crippen LogP contribution in [0.5, 0.6) is 0 Å². The van der Waals surface area contributed by atoms with Crippen LogP contribution in [0.2, 0.25) is 0 Å². The van der Waals surface area contributed by atoms with Crippen molar-refractivity contribution in [3.8, 4) is 12.3 Å². The maximum atomic E-state index is 12.9. The van der Waals surface area contributed by atoms with Gasteiger partial charge in [-0.15, -0.1) is 6.42 Å². The Labute approximate surface area is 68.0 Å². The Morgan fingerprint density at radius 2 is 1.83 bits per heavy atom. The van der Waals surface area contributed by atoms with Crippen molar-refractivity contribution in [3.63, 3.8) is 0 Å². The van der Waals surface area contributed by atoms with Gasteiger partial charge in [-0.05, 0) is 13.0 Å². The van der Waals surface area contributed by atoms with Gasteiger partial charge in [-0.2, -0.15) is 0 Å². The maximum Gasteiger partial charge on any atom is 0.164 e. The van der Waals surface area contributed by atoms with E-state index < -0.39 is 17.5 Å². The summed E-state index contributed by atoms with van der Waals surface area (Å²) in [5.74, 6) is -1.27. The van der Waals surface area contributed by atoms with Gasteiger partial charge in [0, 0.05) is 5.56 Å². The summed E-state index contributed by atoms with van der Waals surface area (Å²) in [5.41, 5.74) is -0.644. The van der Waals surface area contributed by atoms with Gasteiger partial charge >= 0.3 is 0 Å². The Hall–Kier alpha value is -1.43. The van der Waals surface area contributed by atoms with Gasteiger partial charge in [0.15, 0.2) is 11.6 Å². The predicted octanol–water partition coefficient (Wildman–Crippen LogP) is 2.39. The summed E-state index contributed by atoms with van der Waals surface area (Å²) in [6.07, 6.45) is 4.86. The van der Waals surface area contributed by atoms with Crippen molar-refractivity contribution in [1.29, 1.82) is 0 Å². The van der Waals surface area contributed by atoms with Gasteiger partial charge in [-0.25, -0.2) is 13.2 Å². The van der Waals surface area contributed by atoms with Crippen LogP contribution in [0.3, 0.4) is 0 Å². The van der Waals surface area contributed by atoms with Crippen LogP contribution in [-0.4, -0.2) is 0 Å². The van der Waals surface area contributed by atoms with Gasteiger partial charge in [0.05, 0.1) is 5.56 Å². The van der Waals surface area contributed by atoms with E-state index in [1.54, 1.807) is 0 Å². The molecule has 0 nitrogen and oxygen atoms in total. The summed E-state index contributed by atoms with van der Waals surface area (Å²) in [5, 5.41) is 0. The lowest BCUT2D eigenvalue weighted by molar-refractivity contribution is 0.485. The fraction of sp³-hybridized carbons (Fsp3) is 0.111. The molecule has 0 saturated heterocycles. The average molecular weight is 170 g/mol. The topological polar surface area (TPSA) is 0 Å². The molecular weight excluding hydrogens is 165 g/mol. The second-order valence-electron chi connectivity index (χ2n) is 2.30. The first-order valence-electron chi connectivity index (χ1n) is 3.18. The Bertz CT molecular complexity index is 361. The number of terminal acetylenes is 1. The third-order valence-electron chi connectivity index (χ3n) is 1.53. The van der Waals surface area contributed by atoms with E-state index in [1.165, 1.54) is 0 Å². The van der Waals surface area contributed by atoms with Gasteiger partial charge < -0.3 is 0 Å². The number of benzene rings is 1. The molecule has 1 rings (SSSR count). The zero-order valence-electron chi connectivity index (χ0n) is 6.29. The molecule has 62 valence electrons. The summed E-state index contributed by atoms with van der Waals surface area (Å²) in [4.78, 5) is 0. The molecule has 1 aromatic rings. The minimum absolute atomic E-state index is 0.258. The van der Waals surface area contributed by atoms with E-state index in [9.17, 15) is 13.2 Å². The molecule has 3 heteroatoms. The molecule has 0 atom stereocenters. The molecule has 0 N–H and O–H groups in total. The van der Waals surface area contributed by atoms with Crippen LogP contribution in [0.1, 0.15) is 11.1 Å². The molecule has 0 aliphatic rings. The Morgan fingerprint density at radius 3 is 2.33 bits per heavy atom. The SMILES string of the molecule is C#Cc1cc(F)c(F)c(C)c1F. The first-order chi connectivity index (χ1) is 5.57. The summed E-state index contributed by atoms with van der Waals surface area (Å²) in [6, 6.07) is 0.664. The molecule has 0 fully saturated rings. The van der Waals surface area contributed by atoms with Gasteiger partial charge in [0.2, 0.25) is 0 Å². The standard InChI is InChI=1S/C9H5F3/c1-3-6-4-7(10)9(12)5(2)8(6)11/h1,4H,2H3. The lowest BCUT2D eigenvalue weighted by Crippen LogP contribution is -1.97. The van der Waals surface area contributed by atoms with E-state index in [4.69, 9.17) is 6.42 Å². The van der Waals surface area contributed by atoms with Gasteiger partial charge in [-0.1, -0.05) is 5.92 Å². The predicted molar refractivity (Wildman–Crippen MR) is 39.0 cm³/mol. The Balaban J connectivity index is 3.52. The number of hydrogen-bond donors (Lipinski definition) is 0. The third kappa shape index (κ3) is 1.16. The van der Waals surface area contributed by atoms with Crippen LogP contribution in [-0.2, 0) is 0 Å². The van der Waals surface area contributed by atoms with Crippen LogP contribution < -0.4 is 0 Å². The third-order valence-corrected chi connectivity index (χ3v) is 1.53. The highest BCUT2D eigenvalue weighted by molar-refractivity contribution is 5.38. The maximum absolute atomic E-state index is 12.9. The first-order valence-corrected chi connectivity index (χ1v) is 3.18. The molecule has 0 spiro atoms. The normalized spacial score (nSPS) is 9.58. The van der Waals surface area contributed by atoms with E-state index in [-0.39, 0.29) is 11.1 Å². The fourth-order valence-corrected chi connectivity index (χ4v) is 0.836. The van der Waals surface area contributed by atoms with Crippen molar-refractivity contribution in [1.82, 2.24) is 0 Å². The van der Waals surface area contributed by atoms with Crippen LogP contribution >= 0.6 is 0 Å². The van der Waals surface area contributed by atoms with E-state index in [0.717, 1.165) is 6.92 Å². The monoisotopic (exact) mass is 170 g/mol. The zero-order valence-corrected chi connectivity index (χ0v) is 6.29. The number of rotatable bonds is 0. The minimum Gasteiger partial charge on any atom is -0.205 e. The van der Waals surface area contributed by atoms with Crippen molar-refractivity contribution in [2.45, 2.75) is 6.92 Å². The Kier molecular flexibility index (Phi) is 2.09. The summed E-state index contributed by atoms with van der Waals surface area (Å²) >= 11 is 0. The average Bonchev–Trinajstić information content (AvgIpc) is 2.08. The molecule has 12 heavy (non-hydrogen) atoms. The van der Waals surface area contributed by atoms with Crippen molar-refractivity contribution in [2.24, 2.45) is 0 Å². The molecule has 0 aliphatic heterocycles. The molecule has 0 saturated carbocycles. The van der Waals surface area contributed by atoms with Gasteiger partial charge in [0.25, 0.3) is 0 Å². The highest BCUT2D eigenvalue weighted by atomic mass is 19.2. The first kappa shape index (κ1) is 8.66. The number of hydrogen-bond acceptors (Lipinski definition) is 0. The molecule has 0 unspecified atom stereocenters. The molecule has 0 aromatic heterocycles. The zero-order chi connectivity index (χ0) is 9.30. The quantitative estimate of drug-likeness (QED) is 0.414. The van der Waals surface area contributed by atoms with Crippen LogP contribution in [0, 0.1) is 36.7 Å². The number of halogens is 3. The summed E-state index contributed by atoms with van der Waals surface area (Å²) < 4.78 is 38.1. The lowest BCUT2D eigenvalue weighted by Gasteiger charge is -2.01. The molecule has 0 amide bonds. The van der Waals surface area contributed by atoms with E-state index in [2.05, 4.69) is 0 Å². The van der Waals surface area contributed by atoms with Crippen molar-refractivity contribution in [3.05, 3.63) is 34.6 Å². The second kappa shape index (κ2) is 2.90. The van der Waals surface area contributed by atoms with E-state index in [0.29, 0.717) is 6.07 Å². The molecule has 0 bridgehead atoms. The molecule has 1 aromatic carbocycles. The highest BCUT2D eigenvalue weighted by Gasteiger charge is 2.13. The van der Waals surface area contributed by atoms with E-state index in [1.807, 2.05) is 5.92 Å². The van der Waals surface area contributed by atoms with Crippen molar-refractivity contribution >= 4 is 0 Å². The minimum atomic E-state index is -1.19. The van der Waals surface area contributed by atoms with Gasteiger partial charge in [0.1, 0.15) is 5.82 Å². The summed E-state index contributed by atoms with van der Waals surface area (Å²) in [7, 11) is 0. The highest BCUT2D eigenvalue weighted by Crippen LogP contribution is 2.18. The molecule has 0 heterocycles. The molecule has 0 aliphatic carbocycles. The fourth-order valence-electron chi connectivity index (χ4n) is 0.836. The summed E-state index contributed by atoms with van der Waals surface area (Å²) in [6.45, 7) is 1.13. The van der Waals surface area contributed by atoms with Crippen LogP contribution in [0.4, 0.5) is 13.2 Å².